The summed E-state index contributed by atoms with van der Waals surface area (Å²) < 4.78 is 7.24. The van der Waals surface area contributed by atoms with Crippen molar-refractivity contribution in [3.63, 3.8) is 0 Å². The fraction of sp³-hybridized carbons (Fsp3) is 0.333. The average Bonchev–Trinajstić information content (AvgIpc) is 2.96. The molecule has 1 saturated carbocycles. The SMILES string of the molecule is O=c1oc2ccccc2cc1-c1csc(=O)n1C1CCCCC1. The van der Waals surface area contributed by atoms with Crippen molar-refractivity contribution < 1.29 is 4.42 Å². The number of benzene rings is 1. The minimum Gasteiger partial charge on any atom is -0.422 e. The number of hydrogen-bond donors (Lipinski definition) is 0. The van der Waals surface area contributed by atoms with Gasteiger partial charge in [-0.1, -0.05) is 48.8 Å². The van der Waals surface area contributed by atoms with E-state index in [9.17, 15) is 9.59 Å². The van der Waals surface area contributed by atoms with E-state index in [1.54, 1.807) is 11.4 Å². The molecule has 5 heteroatoms. The van der Waals surface area contributed by atoms with Gasteiger partial charge >= 0.3 is 10.5 Å². The van der Waals surface area contributed by atoms with Crippen LogP contribution in [0.5, 0.6) is 0 Å². The van der Waals surface area contributed by atoms with Crippen LogP contribution in [0.15, 0.2) is 49.7 Å². The Balaban J connectivity index is 1.90. The molecule has 4 nitrogen and oxygen atoms in total. The summed E-state index contributed by atoms with van der Waals surface area (Å²) in [5, 5.41) is 2.66. The predicted octanol–water partition coefficient (Wildman–Crippen LogP) is 4.19. The van der Waals surface area contributed by atoms with E-state index in [4.69, 9.17) is 4.42 Å². The third-order valence-electron chi connectivity index (χ3n) is 4.58. The van der Waals surface area contributed by atoms with E-state index in [1.807, 2.05) is 28.8 Å². The molecule has 0 N–H and O–H groups in total. The molecular formula is C18H17NO3S. The third-order valence-corrected chi connectivity index (χ3v) is 5.32. The standard InChI is InChI=1S/C18H17NO3S/c20-17-14(10-12-6-4-5-9-16(12)22-17)15-11-23-18(21)19(15)13-7-2-1-3-8-13/h4-6,9-11,13H,1-3,7-8H2. The Morgan fingerprint density at radius 1 is 1.09 bits per heavy atom. The number of nitrogens with zero attached hydrogens (tertiary/aromatic N) is 1. The maximum atomic E-state index is 12.4. The van der Waals surface area contributed by atoms with Gasteiger partial charge in [-0.2, -0.15) is 0 Å². The summed E-state index contributed by atoms with van der Waals surface area (Å²) in [6.07, 6.45) is 5.51. The van der Waals surface area contributed by atoms with Crippen molar-refractivity contribution in [2.24, 2.45) is 0 Å². The third kappa shape index (κ3) is 2.55. The van der Waals surface area contributed by atoms with Gasteiger partial charge in [0.1, 0.15) is 5.58 Å². The van der Waals surface area contributed by atoms with Crippen LogP contribution in [0.3, 0.4) is 0 Å². The second-order valence-corrected chi connectivity index (χ2v) is 6.85. The van der Waals surface area contributed by atoms with Crippen LogP contribution >= 0.6 is 11.3 Å². The lowest BCUT2D eigenvalue weighted by atomic mass is 9.95. The highest BCUT2D eigenvalue weighted by Gasteiger charge is 2.22. The first-order chi connectivity index (χ1) is 11.2. The fourth-order valence-corrected chi connectivity index (χ4v) is 4.25. The molecule has 0 saturated heterocycles. The van der Waals surface area contributed by atoms with E-state index in [0.717, 1.165) is 42.4 Å². The summed E-state index contributed by atoms with van der Waals surface area (Å²) in [5.41, 5.74) is 1.37. The lowest BCUT2D eigenvalue weighted by molar-refractivity contribution is 0.352. The zero-order valence-electron chi connectivity index (χ0n) is 12.7. The maximum Gasteiger partial charge on any atom is 0.345 e. The molecule has 2 aromatic heterocycles. The minimum atomic E-state index is -0.383. The summed E-state index contributed by atoms with van der Waals surface area (Å²) in [5.74, 6) is 0. The van der Waals surface area contributed by atoms with E-state index in [2.05, 4.69) is 0 Å². The molecule has 0 bridgehead atoms. The van der Waals surface area contributed by atoms with Crippen LogP contribution in [0, 0.1) is 0 Å². The van der Waals surface area contributed by atoms with Gasteiger partial charge in [-0.05, 0) is 25.0 Å². The molecular weight excluding hydrogens is 310 g/mol. The van der Waals surface area contributed by atoms with Gasteiger partial charge in [0.15, 0.2) is 0 Å². The van der Waals surface area contributed by atoms with Crippen molar-refractivity contribution in [1.82, 2.24) is 4.57 Å². The first kappa shape index (κ1) is 14.5. The van der Waals surface area contributed by atoms with Crippen LogP contribution in [-0.2, 0) is 0 Å². The molecule has 0 aliphatic heterocycles. The first-order valence-electron chi connectivity index (χ1n) is 7.97. The number of hydrogen-bond acceptors (Lipinski definition) is 4. The van der Waals surface area contributed by atoms with E-state index in [-0.39, 0.29) is 16.5 Å². The van der Waals surface area contributed by atoms with Crippen molar-refractivity contribution in [1.29, 1.82) is 0 Å². The number of rotatable bonds is 2. The topological polar surface area (TPSA) is 52.2 Å². The van der Waals surface area contributed by atoms with E-state index >= 15 is 0 Å². The van der Waals surface area contributed by atoms with Crippen LogP contribution in [0.25, 0.3) is 22.2 Å². The zero-order valence-corrected chi connectivity index (χ0v) is 13.5. The Hall–Kier alpha value is -2.14. The summed E-state index contributed by atoms with van der Waals surface area (Å²) >= 11 is 1.16. The normalized spacial score (nSPS) is 16.0. The Morgan fingerprint density at radius 3 is 2.70 bits per heavy atom. The smallest absolute Gasteiger partial charge is 0.345 e. The molecule has 3 aromatic rings. The molecule has 1 aliphatic rings. The van der Waals surface area contributed by atoms with Crippen LogP contribution in [0.1, 0.15) is 38.1 Å². The van der Waals surface area contributed by atoms with Gasteiger partial charge in [-0.3, -0.25) is 9.36 Å². The van der Waals surface area contributed by atoms with Gasteiger partial charge in [-0.15, -0.1) is 0 Å². The highest BCUT2D eigenvalue weighted by atomic mass is 32.1. The summed E-state index contributed by atoms with van der Waals surface area (Å²) in [6, 6.07) is 9.48. The molecule has 2 heterocycles. The Morgan fingerprint density at radius 2 is 1.87 bits per heavy atom. The molecule has 0 spiro atoms. The molecule has 0 amide bonds. The van der Waals surface area contributed by atoms with Crippen LogP contribution in [0.4, 0.5) is 0 Å². The second kappa shape index (κ2) is 5.81. The molecule has 4 rings (SSSR count). The zero-order chi connectivity index (χ0) is 15.8. The molecule has 1 aromatic carbocycles. The number of para-hydroxylation sites is 1. The number of aromatic nitrogens is 1. The lowest BCUT2D eigenvalue weighted by Crippen LogP contribution is -2.23. The Labute approximate surface area is 137 Å². The van der Waals surface area contributed by atoms with Crippen molar-refractivity contribution in [3.05, 3.63) is 55.8 Å². The van der Waals surface area contributed by atoms with Crippen LogP contribution in [-0.4, -0.2) is 4.57 Å². The van der Waals surface area contributed by atoms with Crippen molar-refractivity contribution >= 4 is 22.3 Å². The highest BCUT2D eigenvalue weighted by Crippen LogP contribution is 2.32. The minimum absolute atomic E-state index is 0.0134. The molecule has 0 atom stereocenters. The number of fused-ring (bicyclic) bond motifs is 1. The van der Waals surface area contributed by atoms with Crippen molar-refractivity contribution in [2.45, 2.75) is 38.1 Å². The predicted molar refractivity (Wildman–Crippen MR) is 92.2 cm³/mol. The fourth-order valence-electron chi connectivity index (χ4n) is 3.44. The molecule has 1 fully saturated rings. The van der Waals surface area contributed by atoms with Gasteiger partial charge in [0.05, 0.1) is 11.3 Å². The van der Waals surface area contributed by atoms with Gasteiger partial charge < -0.3 is 4.42 Å². The largest absolute Gasteiger partial charge is 0.422 e. The van der Waals surface area contributed by atoms with Crippen LogP contribution < -0.4 is 10.5 Å². The van der Waals surface area contributed by atoms with Gasteiger partial charge in [-0.25, -0.2) is 4.79 Å². The molecule has 118 valence electrons. The van der Waals surface area contributed by atoms with E-state index in [0.29, 0.717) is 16.8 Å². The van der Waals surface area contributed by atoms with Gasteiger partial charge in [0.25, 0.3) is 0 Å². The molecule has 23 heavy (non-hydrogen) atoms. The molecule has 1 aliphatic carbocycles. The van der Waals surface area contributed by atoms with Gasteiger partial charge in [0.2, 0.25) is 0 Å². The number of thiazole rings is 1. The average molecular weight is 327 g/mol. The van der Waals surface area contributed by atoms with Crippen LogP contribution in [0.2, 0.25) is 0 Å². The Kier molecular flexibility index (Phi) is 3.65. The highest BCUT2D eigenvalue weighted by molar-refractivity contribution is 7.07. The molecule has 0 radical (unpaired) electrons. The first-order valence-corrected chi connectivity index (χ1v) is 8.85. The van der Waals surface area contributed by atoms with E-state index in [1.165, 1.54) is 6.42 Å². The lowest BCUT2D eigenvalue weighted by Gasteiger charge is -2.24. The van der Waals surface area contributed by atoms with Gasteiger partial charge in [0, 0.05) is 16.8 Å². The summed E-state index contributed by atoms with van der Waals surface area (Å²) in [6.45, 7) is 0. The summed E-state index contributed by atoms with van der Waals surface area (Å²) in [7, 11) is 0. The quantitative estimate of drug-likeness (QED) is 0.663. The second-order valence-electron chi connectivity index (χ2n) is 6.03. The van der Waals surface area contributed by atoms with Crippen molar-refractivity contribution in [3.8, 4) is 11.3 Å². The monoisotopic (exact) mass is 327 g/mol. The summed E-state index contributed by atoms with van der Waals surface area (Å²) in [4.78, 5) is 24.8. The van der Waals surface area contributed by atoms with E-state index < -0.39 is 0 Å². The Bertz CT molecular complexity index is 960. The molecule has 0 unspecified atom stereocenters. The van der Waals surface area contributed by atoms with Crippen molar-refractivity contribution in [2.75, 3.05) is 0 Å². The maximum absolute atomic E-state index is 12.4.